The highest BCUT2D eigenvalue weighted by Gasteiger charge is 2.48. The van der Waals surface area contributed by atoms with Gasteiger partial charge in [-0.05, 0) is 39.0 Å². The molecule has 4 N–H and O–H groups in total. The second-order valence-corrected chi connectivity index (χ2v) is 11.2. The van der Waals surface area contributed by atoms with Crippen molar-refractivity contribution in [3.63, 3.8) is 0 Å². The van der Waals surface area contributed by atoms with Gasteiger partial charge in [0.2, 0.25) is 0 Å². The highest BCUT2D eigenvalue weighted by Crippen LogP contribution is 2.66. The molecular formula is C21H28FN5O4S. The Bertz CT molecular complexity index is 1060. The van der Waals surface area contributed by atoms with Crippen LogP contribution in [-0.4, -0.2) is 58.0 Å². The summed E-state index contributed by atoms with van der Waals surface area (Å²) >= 11 is 0. The van der Waals surface area contributed by atoms with E-state index in [1.54, 1.807) is 19.9 Å². The number of nitrogens with zero attached hydrogens (tertiary/aromatic N) is 3. The molecule has 0 radical (unpaired) electrons. The number of urea groups is 1. The third-order valence-electron chi connectivity index (χ3n) is 6.05. The summed E-state index contributed by atoms with van der Waals surface area (Å²) in [5.74, 6) is 0.208. The number of ether oxygens (including phenoxy) is 1. The number of benzene rings is 1. The molecule has 32 heavy (non-hydrogen) atoms. The molecule has 1 saturated heterocycles. The van der Waals surface area contributed by atoms with Gasteiger partial charge in [-0.2, -0.15) is 10.6 Å². The van der Waals surface area contributed by atoms with E-state index in [1.807, 2.05) is 6.92 Å². The second-order valence-electron chi connectivity index (χ2n) is 8.54. The molecular weight excluding hydrogens is 437 g/mol. The highest BCUT2D eigenvalue weighted by molar-refractivity contribution is 8.24. The predicted octanol–water partition coefficient (Wildman–Crippen LogP) is 3.76. The van der Waals surface area contributed by atoms with Crippen LogP contribution in [0.3, 0.4) is 0 Å². The first-order valence-corrected chi connectivity index (χ1v) is 12.1. The lowest BCUT2D eigenvalue weighted by molar-refractivity contribution is 0.0984. The van der Waals surface area contributed by atoms with Crippen molar-refractivity contribution in [2.24, 2.45) is 0 Å². The van der Waals surface area contributed by atoms with Crippen molar-refractivity contribution in [1.82, 2.24) is 15.3 Å². The van der Waals surface area contributed by atoms with Crippen molar-refractivity contribution < 1.29 is 23.0 Å². The van der Waals surface area contributed by atoms with Crippen LogP contribution in [0.15, 0.2) is 18.2 Å². The fraction of sp³-hybridized carbons (Fsp3) is 0.476. The number of morpholine rings is 1. The van der Waals surface area contributed by atoms with Gasteiger partial charge in [0.1, 0.15) is 11.6 Å². The zero-order chi connectivity index (χ0) is 23.3. The Balaban J connectivity index is 1.84. The van der Waals surface area contributed by atoms with Crippen LogP contribution in [0.1, 0.15) is 32.0 Å². The number of fused-ring (bicyclic) bond motifs is 1. The van der Waals surface area contributed by atoms with Crippen molar-refractivity contribution in [1.29, 1.82) is 0 Å². The van der Waals surface area contributed by atoms with E-state index in [2.05, 4.69) is 20.5 Å². The molecule has 3 heterocycles. The van der Waals surface area contributed by atoms with Crippen LogP contribution in [0, 0.1) is 5.82 Å². The molecule has 1 aromatic carbocycles. The summed E-state index contributed by atoms with van der Waals surface area (Å²) in [6.45, 7) is 7.11. The molecule has 2 amide bonds. The third kappa shape index (κ3) is 3.79. The minimum absolute atomic E-state index is 0.0186. The number of anilines is 2. The standard InChI is InChI=1S/C21H28FN5O4S/c1-12-10-31-8-7-27(12)19-15-11-32(29,30)21(2,3)17(15)25-18(26-19)14-6-5-13(9-16(14)22)24-20(28)23-4/h5-6,9,12,29-30H,7-8,10-11H2,1-4H3,(H2,23,24,28). The van der Waals surface area contributed by atoms with E-state index in [1.165, 1.54) is 19.2 Å². The number of carbonyl (C=O) groups excluding carboxylic acids is 1. The number of hydrogen-bond acceptors (Lipinski definition) is 7. The van der Waals surface area contributed by atoms with Crippen molar-refractivity contribution in [3.05, 3.63) is 35.3 Å². The quantitative estimate of drug-likeness (QED) is 0.545. The SMILES string of the molecule is CNC(=O)Nc1ccc(-c2nc(N3CCOCC3C)c3c(n2)C(C)(C)S(O)(O)C3)c(F)c1. The molecule has 0 aliphatic carbocycles. The number of nitrogens with one attached hydrogen (secondary N) is 2. The fourth-order valence-electron chi connectivity index (χ4n) is 4.01. The van der Waals surface area contributed by atoms with Gasteiger partial charge in [0.15, 0.2) is 5.82 Å². The maximum Gasteiger partial charge on any atom is 0.318 e. The van der Waals surface area contributed by atoms with E-state index in [0.29, 0.717) is 42.5 Å². The lowest BCUT2D eigenvalue weighted by atomic mass is 10.0. The number of carbonyl (C=O) groups is 1. The van der Waals surface area contributed by atoms with Gasteiger partial charge in [-0.3, -0.25) is 9.11 Å². The van der Waals surface area contributed by atoms with E-state index in [9.17, 15) is 13.9 Å². The van der Waals surface area contributed by atoms with Crippen LogP contribution in [0.5, 0.6) is 0 Å². The fourth-order valence-corrected chi connectivity index (χ4v) is 5.51. The van der Waals surface area contributed by atoms with Crippen LogP contribution < -0.4 is 15.5 Å². The third-order valence-corrected chi connectivity index (χ3v) is 8.57. The maximum atomic E-state index is 15.1. The molecule has 4 rings (SSSR count). The summed E-state index contributed by atoms with van der Waals surface area (Å²) in [5.41, 5.74) is 1.66. The number of amides is 2. The molecule has 174 valence electrons. The zero-order valence-corrected chi connectivity index (χ0v) is 19.3. The largest absolute Gasteiger partial charge is 0.377 e. The monoisotopic (exact) mass is 465 g/mol. The molecule has 1 fully saturated rings. The van der Waals surface area contributed by atoms with Gasteiger partial charge in [-0.1, -0.05) is 0 Å². The smallest absolute Gasteiger partial charge is 0.318 e. The molecule has 2 aromatic rings. The average molecular weight is 466 g/mol. The van der Waals surface area contributed by atoms with Crippen molar-refractivity contribution in [3.8, 4) is 11.4 Å². The van der Waals surface area contributed by atoms with E-state index in [0.717, 1.165) is 0 Å². The van der Waals surface area contributed by atoms with Crippen LogP contribution in [0.4, 0.5) is 20.7 Å². The Hall–Kier alpha value is -2.47. The lowest BCUT2D eigenvalue weighted by Crippen LogP contribution is -2.44. The first kappa shape index (κ1) is 22.7. The molecule has 0 bridgehead atoms. The summed E-state index contributed by atoms with van der Waals surface area (Å²) in [7, 11) is -1.53. The summed E-state index contributed by atoms with van der Waals surface area (Å²) in [6.07, 6.45) is 0. The number of halogens is 1. The highest BCUT2D eigenvalue weighted by atomic mass is 32.3. The van der Waals surface area contributed by atoms with Crippen molar-refractivity contribution in [2.45, 2.75) is 37.3 Å². The lowest BCUT2D eigenvalue weighted by Gasteiger charge is -2.40. The number of aromatic nitrogens is 2. The Morgan fingerprint density at radius 3 is 2.75 bits per heavy atom. The molecule has 2 aliphatic rings. The van der Waals surface area contributed by atoms with Gasteiger partial charge in [0.05, 0.1) is 41.0 Å². The zero-order valence-electron chi connectivity index (χ0n) is 18.5. The Kier molecular flexibility index (Phi) is 5.78. The van der Waals surface area contributed by atoms with Gasteiger partial charge in [-0.15, -0.1) is 0 Å². The second kappa shape index (κ2) is 8.14. The van der Waals surface area contributed by atoms with Crippen LogP contribution in [-0.2, 0) is 15.2 Å². The molecule has 1 unspecified atom stereocenters. The van der Waals surface area contributed by atoms with Crippen LogP contribution in [0.2, 0.25) is 0 Å². The normalized spacial score (nSPS) is 22.2. The van der Waals surface area contributed by atoms with E-state index >= 15 is 4.39 Å². The maximum absolute atomic E-state index is 15.1. The summed E-state index contributed by atoms with van der Waals surface area (Å²) < 4.78 is 41.2. The van der Waals surface area contributed by atoms with E-state index < -0.39 is 27.2 Å². The van der Waals surface area contributed by atoms with E-state index in [4.69, 9.17) is 9.72 Å². The molecule has 2 aliphatic heterocycles. The number of rotatable bonds is 3. The van der Waals surface area contributed by atoms with Gasteiger partial charge >= 0.3 is 6.03 Å². The molecule has 9 nitrogen and oxygen atoms in total. The molecule has 1 atom stereocenters. The molecule has 1 aromatic heterocycles. The topological polar surface area (TPSA) is 120 Å². The molecule has 0 saturated carbocycles. The Labute approximate surface area is 187 Å². The first-order valence-electron chi connectivity index (χ1n) is 10.3. The van der Waals surface area contributed by atoms with Gasteiger partial charge < -0.3 is 20.3 Å². The van der Waals surface area contributed by atoms with Crippen LogP contribution >= 0.6 is 10.6 Å². The van der Waals surface area contributed by atoms with Crippen molar-refractivity contribution in [2.75, 3.05) is 37.0 Å². The van der Waals surface area contributed by atoms with Gasteiger partial charge in [-0.25, -0.2) is 19.2 Å². The average Bonchev–Trinajstić information content (AvgIpc) is 2.92. The Morgan fingerprint density at radius 2 is 2.09 bits per heavy atom. The predicted molar refractivity (Wildman–Crippen MR) is 123 cm³/mol. The van der Waals surface area contributed by atoms with Gasteiger partial charge in [0, 0.05) is 24.8 Å². The molecule has 0 spiro atoms. The summed E-state index contributed by atoms with van der Waals surface area (Å²) in [4.78, 5) is 22.9. The van der Waals surface area contributed by atoms with E-state index in [-0.39, 0.29) is 23.2 Å². The summed E-state index contributed by atoms with van der Waals surface area (Å²) in [6, 6.07) is 3.85. The minimum atomic E-state index is -3.00. The number of hydrogen-bond donors (Lipinski definition) is 4. The minimum Gasteiger partial charge on any atom is -0.377 e. The van der Waals surface area contributed by atoms with Gasteiger partial charge in [0.25, 0.3) is 0 Å². The molecule has 11 heteroatoms. The first-order chi connectivity index (χ1) is 15.0. The Morgan fingerprint density at radius 1 is 1.34 bits per heavy atom. The summed E-state index contributed by atoms with van der Waals surface area (Å²) in [5, 5.41) is 4.94. The van der Waals surface area contributed by atoms with Crippen LogP contribution in [0.25, 0.3) is 11.4 Å². The van der Waals surface area contributed by atoms with Crippen molar-refractivity contribution >= 4 is 28.1 Å².